The monoisotopic (exact) mass is 304 g/mol. The standard InChI is InChI=1S/C12H17ClN2O3S/c1-8(2)6-12(16)14-15-19(17,18)11-5-4-9(3)7-10(11)13/h4-5,7-8,15H,6H2,1-3H3,(H,14,16). The highest BCUT2D eigenvalue weighted by Crippen LogP contribution is 2.21. The molecule has 0 aliphatic rings. The molecule has 7 heteroatoms. The first-order valence-electron chi connectivity index (χ1n) is 5.79. The van der Waals surface area contributed by atoms with Crippen LogP contribution >= 0.6 is 11.6 Å². The number of sulfonamides is 1. The number of hydrogen-bond acceptors (Lipinski definition) is 3. The van der Waals surface area contributed by atoms with Gasteiger partial charge >= 0.3 is 0 Å². The summed E-state index contributed by atoms with van der Waals surface area (Å²) in [5.74, 6) is -0.241. The van der Waals surface area contributed by atoms with E-state index in [0.29, 0.717) is 0 Å². The van der Waals surface area contributed by atoms with Gasteiger partial charge in [0.15, 0.2) is 0 Å². The Balaban J connectivity index is 2.79. The van der Waals surface area contributed by atoms with E-state index in [-0.39, 0.29) is 28.2 Å². The molecule has 2 N–H and O–H groups in total. The molecular weight excluding hydrogens is 288 g/mol. The molecule has 5 nitrogen and oxygen atoms in total. The fourth-order valence-corrected chi connectivity index (χ4v) is 2.89. The van der Waals surface area contributed by atoms with Crippen LogP contribution < -0.4 is 10.3 Å². The van der Waals surface area contributed by atoms with Gasteiger partial charge in [-0.2, -0.15) is 0 Å². The third kappa shape index (κ3) is 4.81. The minimum atomic E-state index is -3.85. The second-order valence-corrected chi connectivity index (χ2v) is 6.74. The molecule has 0 aliphatic heterocycles. The molecule has 0 radical (unpaired) electrons. The summed E-state index contributed by atoms with van der Waals surface area (Å²) in [5, 5.41) is 0.116. The smallest absolute Gasteiger partial charge is 0.258 e. The molecule has 0 fully saturated rings. The van der Waals surface area contributed by atoms with Crippen LogP contribution in [0, 0.1) is 12.8 Å². The zero-order chi connectivity index (χ0) is 14.6. The molecular formula is C12H17ClN2O3S. The lowest BCUT2D eigenvalue weighted by molar-refractivity contribution is -0.122. The van der Waals surface area contributed by atoms with E-state index in [1.54, 1.807) is 19.1 Å². The fourth-order valence-electron chi connectivity index (χ4n) is 1.42. The van der Waals surface area contributed by atoms with Crippen LogP contribution in [0.2, 0.25) is 5.02 Å². The highest BCUT2D eigenvalue weighted by molar-refractivity contribution is 7.89. The van der Waals surface area contributed by atoms with Crippen molar-refractivity contribution in [3.05, 3.63) is 28.8 Å². The summed E-state index contributed by atoms with van der Waals surface area (Å²) in [6.45, 7) is 5.54. The Morgan fingerprint density at radius 2 is 2.00 bits per heavy atom. The molecule has 0 atom stereocenters. The zero-order valence-corrected chi connectivity index (χ0v) is 12.6. The molecule has 0 saturated heterocycles. The van der Waals surface area contributed by atoms with Crippen molar-refractivity contribution in [2.75, 3.05) is 0 Å². The van der Waals surface area contributed by atoms with Gasteiger partial charge in [0.05, 0.1) is 5.02 Å². The van der Waals surface area contributed by atoms with Crippen molar-refractivity contribution in [2.45, 2.75) is 32.1 Å². The van der Waals surface area contributed by atoms with Crippen LogP contribution in [0.5, 0.6) is 0 Å². The Morgan fingerprint density at radius 3 is 2.53 bits per heavy atom. The molecule has 1 amide bonds. The number of hydrogen-bond donors (Lipinski definition) is 2. The quantitative estimate of drug-likeness (QED) is 0.817. The maximum atomic E-state index is 11.9. The lowest BCUT2D eigenvalue weighted by Gasteiger charge is -2.11. The van der Waals surface area contributed by atoms with E-state index in [9.17, 15) is 13.2 Å². The number of carbonyl (C=O) groups is 1. The number of aryl methyl sites for hydroxylation is 1. The van der Waals surface area contributed by atoms with Gasteiger partial charge in [0, 0.05) is 6.42 Å². The lowest BCUT2D eigenvalue weighted by atomic mass is 10.1. The van der Waals surface area contributed by atoms with Crippen molar-refractivity contribution in [2.24, 2.45) is 5.92 Å². The molecule has 0 spiro atoms. The minimum Gasteiger partial charge on any atom is -0.278 e. The van der Waals surface area contributed by atoms with Crippen molar-refractivity contribution in [3.8, 4) is 0 Å². The molecule has 0 heterocycles. The van der Waals surface area contributed by atoms with E-state index in [1.165, 1.54) is 6.07 Å². The highest BCUT2D eigenvalue weighted by atomic mass is 35.5. The van der Waals surface area contributed by atoms with E-state index in [0.717, 1.165) is 5.56 Å². The van der Waals surface area contributed by atoms with Crippen molar-refractivity contribution in [1.82, 2.24) is 10.3 Å². The Bertz CT molecular complexity index is 570. The van der Waals surface area contributed by atoms with Gasteiger partial charge in [0.2, 0.25) is 5.91 Å². The molecule has 1 aromatic carbocycles. The van der Waals surface area contributed by atoms with Gasteiger partial charge < -0.3 is 0 Å². The molecule has 0 saturated carbocycles. The van der Waals surface area contributed by atoms with Crippen molar-refractivity contribution in [1.29, 1.82) is 0 Å². The SMILES string of the molecule is Cc1ccc(S(=O)(=O)NNC(=O)CC(C)C)c(Cl)c1. The number of benzene rings is 1. The van der Waals surface area contributed by atoms with Crippen LogP contribution in [0.15, 0.2) is 23.1 Å². The fraction of sp³-hybridized carbons (Fsp3) is 0.417. The first kappa shape index (κ1) is 15.9. The van der Waals surface area contributed by atoms with Gasteiger partial charge in [-0.25, -0.2) is 8.42 Å². The Hall–Kier alpha value is -1.11. The molecule has 0 aromatic heterocycles. The minimum absolute atomic E-state index is 0.0652. The Labute approximate surface area is 118 Å². The molecule has 0 bridgehead atoms. The number of amides is 1. The Kier molecular flexibility index (Phi) is 5.34. The molecule has 0 unspecified atom stereocenters. The van der Waals surface area contributed by atoms with Gasteiger partial charge in [0.1, 0.15) is 4.90 Å². The van der Waals surface area contributed by atoms with E-state index >= 15 is 0 Å². The van der Waals surface area contributed by atoms with E-state index in [1.807, 2.05) is 18.7 Å². The molecule has 106 valence electrons. The van der Waals surface area contributed by atoms with Gasteiger partial charge in [-0.3, -0.25) is 10.2 Å². The molecule has 0 aliphatic carbocycles. The maximum absolute atomic E-state index is 11.9. The largest absolute Gasteiger partial charge is 0.278 e. The van der Waals surface area contributed by atoms with Crippen LogP contribution in [0.25, 0.3) is 0 Å². The summed E-state index contributed by atoms with van der Waals surface area (Å²) < 4.78 is 23.9. The van der Waals surface area contributed by atoms with Gasteiger partial charge in [0.25, 0.3) is 10.0 Å². The summed E-state index contributed by atoms with van der Waals surface area (Å²) in [5.41, 5.74) is 3.01. The summed E-state index contributed by atoms with van der Waals surface area (Å²) in [7, 11) is -3.85. The van der Waals surface area contributed by atoms with Crippen LogP contribution in [0.4, 0.5) is 0 Å². The maximum Gasteiger partial charge on any atom is 0.258 e. The van der Waals surface area contributed by atoms with E-state index in [4.69, 9.17) is 11.6 Å². The van der Waals surface area contributed by atoms with Gasteiger partial charge in [-0.05, 0) is 30.5 Å². The third-order valence-electron chi connectivity index (χ3n) is 2.30. The summed E-state index contributed by atoms with van der Waals surface area (Å²) in [4.78, 5) is 13.4. The second-order valence-electron chi connectivity index (χ2n) is 4.69. The normalized spacial score (nSPS) is 11.6. The van der Waals surface area contributed by atoms with Gasteiger partial charge in [-0.15, -0.1) is 4.83 Å². The topological polar surface area (TPSA) is 75.3 Å². The highest BCUT2D eigenvalue weighted by Gasteiger charge is 2.18. The predicted molar refractivity (Wildman–Crippen MR) is 74.1 cm³/mol. The van der Waals surface area contributed by atoms with Crippen LogP contribution in [-0.4, -0.2) is 14.3 Å². The molecule has 1 rings (SSSR count). The Morgan fingerprint density at radius 1 is 1.37 bits per heavy atom. The lowest BCUT2D eigenvalue weighted by Crippen LogP contribution is -2.42. The van der Waals surface area contributed by atoms with Crippen LogP contribution in [0.1, 0.15) is 25.8 Å². The second kappa shape index (κ2) is 6.36. The van der Waals surface area contributed by atoms with Crippen molar-refractivity contribution < 1.29 is 13.2 Å². The number of halogens is 1. The number of carbonyl (C=O) groups excluding carboxylic acids is 1. The molecule has 1 aromatic rings. The zero-order valence-electron chi connectivity index (χ0n) is 11.0. The molecule has 19 heavy (non-hydrogen) atoms. The average molecular weight is 305 g/mol. The van der Waals surface area contributed by atoms with Gasteiger partial charge in [-0.1, -0.05) is 31.5 Å². The number of rotatable bonds is 5. The number of hydrazine groups is 1. The predicted octanol–water partition coefficient (Wildman–Crippen LogP) is 2.00. The van der Waals surface area contributed by atoms with E-state index in [2.05, 4.69) is 5.43 Å². The van der Waals surface area contributed by atoms with Crippen molar-refractivity contribution >= 4 is 27.5 Å². The summed E-state index contributed by atoms with van der Waals surface area (Å²) >= 11 is 5.88. The van der Waals surface area contributed by atoms with Crippen molar-refractivity contribution in [3.63, 3.8) is 0 Å². The summed E-state index contributed by atoms with van der Waals surface area (Å²) in [6, 6.07) is 4.58. The summed E-state index contributed by atoms with van der Waals surface area (Å²) in [6.07, 6.45) is 0.240. The third-order valence-corrected chi connectivity index (χ3v) is 4.03. The first-order chi connectivity index (χ1) is 8.72. The average Bonchev–Trinajstić information content (AvgIpc) is 2.25. The van der Waals surface area contributed by atoms with Crippen LogP contribution in [-0.2, 0) is 14.8 Å². The number of nitrogens with one attached hydrogen (secondary N) is 2. The van der Waals surface area contributed by atoms with Crippen LogP contribution in [0.3, 0.4) is 0 Å². The first-order valence-corrected chi connectivity index (χ1v) is 7.65. The van der Waals surface area contributed by atoms with E-state index < -0.39 is 10.0 Å².